The van der Waals surface area contributed by atoms with E-state index in [2.05, 4.69) is 88.7 Å². The van der Waals surface area contributed by atoms with E-state index in [1.165, 1.54) is 33.0 Å². The van der Waals surface area contributed by atoms with Gasteiger partial charge in [0.1, 0.15) is 49.4 Å². The normalized spacial score (nSPS) is 10.8. The summed E-state index contributed by atoms with van der Waals surface area (Å²) in [5, 5.41) is 4.62. The molecule has 0 amide bonds. The van der Waals surface area contributed by atoms with E-state index in [4.69, 9.17) is 18.9 Å². The Hall–Kier alpha value is -4.44. The Morgan fingerprint density at radius 3 is 1.32 bits per heavy atom. The molecular formula is C36H38O4. The Morgan fingerprint density at radius 1 is 0.550 bits per heavy atom. The first kappa shape index (κ1) is 28.6. The third-order valence-electron chi connectivity index (χ3n) is 6.86. The molecule has 0 aliphatic rings. The van der Waals surface area contributed by atoms with Gasteiger partial charge in [-0.25, -0.2) is 0 Å². The zero-order valence-corrected chi connectivity index (χ0v) is 24.1. The van der Waals surface area contributed by atoms with Crippen molar-refractivity contribution in [1.29, 1.82) is 0 Å². The monoisotopic (exact) mass is 534 g/mol. The van der Waals surface area contributed by atoms with Crippen LogP contribution in [0, 0.1) is 13.8 Å². The molecule has 4 aromatic carbocycles. The first-order chi connectivity index (χ1) is 19.2. The summed E-state index contributed by atoms with van der Waals surface area (Å²) in [6, 6.07) is 21.2. The van der Waals surface area contributed by atoms with Gasteiger partial charge in [0.15, 0.2) is 0 Å². The van der Waals surface area contributed by atoms with Crippen LogP contribution in [0.3, 0.4) is 0 Å². The molecule has 0 saturated heterocycles. The number of fused-ring (bicyclic) bond motifs is 2. The molecule has 0 aliphatic carbocycles. The van der Waals surface area contributed by atoms with Gasteiger partial charge in [-0.05, 0) is 107 Å². The zero-order chi connectivity index (χ0) is 28.8. The average Bonchev–Trinajstić information content (AvgIpc) is 2.93. The fourth-order valence-electron chi connectivity index (χ4n) is 4.57. The highest BCUT2D eigenvalue weighted by Gasteiger charge is 2.15. The number of aryl methyl sites for hydroxylation is 2. The largest absolute Gasteiger partial charge is 0.490 e. The standard InChI is InChI=1S/C36H38O4/c1-23(2)27(7)37-17-19-39-31-13-15-33-29(21-31)11-9-25(5)35(33)36-26(6)10-12-30-22-32(14-16-34(30)36)40-20-18-38-28(8)24(3)4/h9-16,21-22H,1,3,7-8,17-20H2,2,4-6H3. The summed E-state index contributed by atoms with van der Waals surface area (Å²) in [6.07, 6.45) is 0. The Balaban J connectivity index is 1.58. The Morgan fingerprint density at radius 2 is 0.950 bits per heavy atom. The van der Waals surface area contributed by atoms with Gasteiger partial charge in [-0.15, -0.1) is 0 Å². The van der Waals surface area contributed by atoms with E-state index < -0.39 is 0 Å². The molecule has 4 heteroatoms. The number of rotatable bonds is 13. The van der Waals surface area contributed by atoms with Crippen molar-refractivity contribution < 1.29 is 18.9 Å². The molecule has 0 bridgehead atoms. The Bertz CT molecular complexity index is 1490. The number of allylic oxidation sites excluding steroid dienone is 2. The predicted octanol–water partition coefficient (Wildman–Crippen LogP) is 9.25. The van der Waals surface area contributed by atoms with Gasteiger partial charge >= 0.3 is 0 Å². The first-order valence-electron chi connectivity index (χ1n) is 13.4. The van der Waals surface area contributed by atoms with Crippen molar-refractivity contribution in [2.75, 3.05) is 26.4 Å². The van der Waals surface area contributed by atoms with Crippen LogP contribution in [0.25, 0.3) is 32.7 Å². The van der Waals surface area contributed by atoms with Crippen molar-refractivity contribution in [2.24, 2.45) is 0 Å². The van der Waals surface area contributed by atoms with Crippen molar-refractivity contribution in [3.63, 3.8) is 0 Å². The van der Waals surface area contributed by atoms with Crippen LogP contribution in [0.4, 0.5) is 0 Å². The van der Waals surface area contributed by atoms with Gasteiger partial charge in [0.25, 0.3) is 0 Å². The summed E-state index contributed by atoms with van der Waals surface area (Å²) in [5.41, 5.74) is 6.54. The lowest BCUT2D eigenvalue weighted by molar-refractivity contribution is 0.162. The fourth-order valence-corrected chi connectivity index (χ4v) is 4.57. The van der Waals surface area contributed by atoms with Crippen LogP contribution in [0.2, 0.25) is 0 Å². The van der Waals surface area contributed by atoms with Crippen LogP contribution in [0.1, 0.15) is 25.0 Å². The number of hydrogen-bond donors (Lipinski definition) is 0. The molecule has 0 heterocycles. The van der Waals surface area contributed by atoms with Gasteiger partial charge in [-0.2, -0.15) is 0 Å². The van der Waals surface area contributed by atoms with Crippen LogP contribution in [-0.2, 0) is 9.47 Å². The highest BCUT2D eigenvalue weighted by Crippen LogP contribution is 2.40. The molecule has 0 spiro atoms. The van der Waals surface area contributed by atoms with Gasteiger partial charge in [0.2, 0.25) is 0 Å². The van der Waals surface area contributed by atoms with E-state index in [1.807, 2.05) is 26.0 Å². The second kappa shape index (κ2) is 12.6. The molecule has 0 saturated carbocycles. The lowest BCUT2D eigenvalue weighted by atomic mass is 9.88. The van der Waals surface area contributed by atoms with E-state index >= 15 is 0 Å². The SMILES string of the molecule is C=C(C)C(=C)OCCOc1ccc2c(-c3c(C)ccc4cc(OCCOC(=C)C(=C)C)ccc34)c(C)ccc2c1. The van der Waals surface area contributed by atoms with Gasteiger partial charge < -0.3 is 18.9 Å². The summed E-state index contributed by atoms with van der Waals surface area (Å²) >= 11 is 0. The molecule has 0 unspecified atom stereocenters. The van der Waals surface area contributed by atoms with Crippen molar-refractivity contribution in [3.05, 3.63) is 121 Å². The van der Waals surface area contributed by atoms with E-state index in [-0.39, 0.29) is 0 Å². The van der Waals surface area contributed by atoms with E-state index in [9.17, 15) is 0 Å². The summed E-state index contributed by atoms with van der Waals surface area (Å²) in [7, 11) is 0. The molecule has 0 fully saturated rings. The van der Waals surface area contributed by atoms with Crippen LogP contribution in [-0.4, -0.2) is 26.4 Å². The highest BCUT2D eigenvalue weighted by molar-refractivity contribution is 6.08. The molecule has 4 aromatic rings. The van der Waals surface area contributed by atoms with E-state index in [0.717, 1.165) is 33.4 Å². The van der Waals surface area contributed by atoms with E-state index in [0.29, 0.717) is 37.9 Å². The molecule has 206 valence electrons. The fraction of sp³-hybridized carbons (Fsp3) is 0.222. The van der Waals surface area contributed by atoms with Crippen LogP contribution < -0.4 is 9.47 Å². The minimum absolute atomic E-state index is 0.417. The lowest BCUT2D eigenvalue weighted by Gasteiger charge is -2.18. The zero-order valence-electron chi connectivity index (χ0n) is 24.1. The second-order valence-corrected chi connectivity index (χ2v) is 10.1. The van der Waals surface area contributed by atoms with Crippen molar-refractivity contribution in [1.82, 2.24) is 0 Å². The molecule has 0 atom stereocenters. The molecule has 0 radical (unpaired) electrons. The van der Waals surface area contributed by atoms with Crippen molar-refractivity contribution in [2.45, 2.75) is 27.7 Å². The third kappa shape index (κ3) is 6.58. The maximum Gasteiger partial charge on any atom is 0.122 e. The smallest absolute Gasteiger partial charge is 0.122 e. The first-order valence-corrected chi connectivity index (χ1v) is 13.4. The number of benzene rings is 4. The highest BCUT2D eigenvalue weighted by atomic mass is 16.5. The van der Waals surface area contributed by atoms with Gasteiger partial charge in [0.05, 0.1) is 0 Å². The topological polar surface area (TPSA) is 36.9 Å². The van der Waals surface area contributed by atoms with Crippen LogP contribution in [0.15, 0.2) is 110 Å². The molecule has 0 aromatic heterocycles. The third-order valence-corrected chi connectivity index (χ3v) is 6.86. The Kier molecular flexibility index (Phi) is 9.00. The van der Waals surface area contributed by atoms with Crippen LogP contribution in [0.5, 0.6) is 11.5 Å². The van der Waals surface area contributed by atoms with Gasteiger partial charge in [-0.3, -0.25) is 0 Å². The maximum atomic E-state index is 5.96. The second-order valence-electron chi connectivity index (χ2n) is 10.1. The predicted molar refractivity (Wildman–Crippen MR) is 167 cm³/mol. The molecule has 0 aliphatic heterocycles. The molecule has 0 N–H and O–H groups in total. The summed E-state index contributed by atoms with van der Waals surface area (Å²) in [5.74, 6) is 2.79. The molecule has 4 nitrogen and oxygen atoms in total. The van der Waals surface area contributed by atoms with Gasteiger partial charge in [-0.1, -0.05) is 62.7 Å². The minimum Gasteiger partial charge on any atom is -0.490 e. The molecule has 4 rings (SSSR count). The van der Waals surface area contributed by atoms with Gasteiger partial charge in [0, 0.05) is 0 Å². The lowest BCUT2D eigenvalue weighted by Crippen LogP contribution is -2.06. The molecular weight excluding hydrogens is 496 g/mol. The number of ether oxygens (including phenoxy) is 4. The van der Waals surface area contributed by atoms with Crippen molar-refractivity contribution in [3.8, 4) is 22.6 Å². The minimum atomic E-state index is 0.417. The quantitative estimate of drug-likeness (QED) is 0.0973. The summed E-state index contributed by atoms with van der Waals surface area (Å²) < 4.78 is 23.1. The van der Waals surface area contributed by atoms with E-state index in [1.54, 1.807) is 0 Å². The summed E-state index contributed by atoms with van der Waals surface area (Å²) in [4.78, 5) is 0. The Labute approximate surface area is 237 Å². The van der Waals surface area contributed by atoms with Crippen molar-refractivity contribution >= 4 is 21.5 Å². The number of hydrogen-bond acceptors (Lipinski definition) is 4. The summed E-state index contributed by atoms with van der Waals surface area (Å²) in [6.45, 7) is 25.2. The van der Waals surface area contributed by atoms with Crippen LogP contribution >= 0.6 is 0 Å². The average molecular weight is 535 g/mol. The molecule has 40 heavy (non-hydrogen) atoms. The maximum absolute atomic E-state index is 5.96.